The van der Waals surface area contributed by atoms with E-state index < -0.39 is 29.7 Å². The highest BCUT2D eigenvalue weighted by atomic mass is 16.6. The van der Waals surface area contributed by atoms with Crippen molar-refractivity contribution in [1.82, 2.24) is 0 Å². The van der Waals surface area contributed by atoms with E-state index in [0.717, 1.165) is 0 Å². The number of anilines is 1. The van der Waals surface area contributed by atoms with Crippen LogP contribution in [0, 0.1) is 0 Å². The summed E-state index contributed by atoms with van der Waals surface area (Å²) in [6, 6.07) is 5.97. The molecule has 0 saturated carbocycles. The van der Waals surface area contributed by atoms with Gasteiger partial charge >= 0.3 is 12.1 Å². The molecule has 0 aliphatic heterocycles. The summed E-state index contributed by atoms with van der Waals surface area (Å²) in [5.41, 5.74) is 5.12. The van der Waals surface area contributed by atoms with Gasteiger partial charge in [-0.15, -0.1) is 0 Å². The maximum absolute atomic E-state index is 11.7. The van der Waals surface area contributed by atoms with Crippen molar-refractivity contribution in [3.63, 3.8) is 0 Å². The predicted molar refractivity (Wildman–Crippen MR) is 80.4 cm³/mol. The van der Waals surface area contributed by atoms with E-state index in [2.05, 4.69) is 5.32 Å². The monoisotopic (exact) mass is 308 g/mol. The number of amides is 2. The first kappa shape index (κ1) is 17.5. The van der Waals surface area contributed by atoms with Gasteiger partial charge in [0.25, 0.3) is 5.91 Å². The lowest BCUT2D eigenvalue weighted by Gasteiger charge is -2.19. The van der Waals surface area contributed by atoms with Crippen molar-refractivity contribution in [2.45, 2.75) is 39.4 Å². The average Bonchev–Trinajstić information content (AvgIpc) is 2.36. The molecule has 0 heterocycles. The number of carbonyl (C=O) groups is 3. The fourth-order valence-electron chi connectivity index (χ4n) is 1.40. The summed E-state index contributed by atoms with van der Waals surface area (Å²) in [6.45, 7) is 6.65. The lowest BCUT2D eigenvalue weighted by Crippen LogP contribution is -2.30. The molecule has 0 aliphatic rings. The number of carbonyl (C=O) groups excluding carboxylic acids is 3. The molecule has 7 heteroatoms. The summed E-state index contributed by atoms with van der Waals surface area (Å²) in [7, 11) is 0. The maximum Gasteiger partial charge on any atom is 0.412 e. The summed E-state index contributed by atoms with van der Waals surface area (Å²) >= 11 is 0. The second-order valence-corrected chi connectivity index (χ2v) is 5.65. The van der Waals surface area contributed by atoms with Gasteiger partial charge in [0.1, 0.15) is 5.60 Å². The second kappa shape index (κ2) is 6.93. The highest BCUT2D eigenvalue weighted by molar-refractivity contribution is 5.93. The molecule has 0 unspecified atom stereocenters. The molecular formula is C15H20N2O5. The van der Waals surface area contributed by atoms with Crippen LogP contribution in [0.5, 0.6) is 0 Å². The minimum absolute atomic E-state index is 0.239. The zero-order valence-electron chi connectivity index (χ0n) is 13.0. The van der Waals surface area contributed by atoms with E-state index in [1.165, 1.54) is 31.2 Å². The molecule has 1 aromatic rings. The van der Waals surface area contributed by atoms with Gasteiger partial charge < -0.3 is 15.2 Å². The Hall–Kier alpha value is -2.57. The number of ether oxygens (including phenoxy) is 2. The van der Waals surface area contributed by atoms with Crippen molar-refractivity contribution in [2.75, 3.05) is 5.32 Å². The Morgan fingerprint density at radius 2 is 1.68 bits per heavy atom. The first-order chi connectivity index (χ1) is 10.1. The highest BCUT2D eigenvalue weighted by Gasteiger charge is 2.18. The molecule has 120 valence electrons. The minimum Gasteiger partial charge on any atom is -0.449 e. The normalized spacial score (nSPS) is 12.2. The fraction of sp³-hybridized carbons (Fsp3) is 0.400. The van der Waals surface area contributed by atoms with Gasteiger partial charge in [0.2, 0.25) is 0 Å². The van der Waals surface area contributed by atoms with E-state index in [1.807, 2.05) is 0 Å². The summed E-state index contributed by atoms with van der Waals surface area (Å²) in [4.78, 5) is 34.2. The van der Waals surface area contributed by atoms with E-state index in [9.17, 15) is 14.4 Å². The predicted octanol–water partition coefficient (Wildman–Crippen LogP) is 2.06. The summed E-state index contributed by atoms with van der Waals surface area (Å²) in [6.07, 6.45) is -1.60. The molecule has 22 heavy (non-hydrogen) atoms. The smallest absolute Gasteiger partial charge is 0.412 e. The van der Waals surface area contributed by atoms with Crippen LogP contribution >= 0.6 is 0 Å². The van der Waals surface area contributed by atoms with Gasteiger partial charge in [0.15, 0.2) is 6.10 Å². The quantitative estimate of drug-likeness (QED) is 0.828. The van der Waals surface area contributed by atoms with E-state index in [4.69, 9.17) is 15.2 Å². The zero-order valence-corrected chi connectivity index (χ0v) is 13.0. The summed E-state index contributed by atoms with van der Waals surface area (Å²) in [5.74, 6) is -1.40. The topological polar surface area (TPSA) is 108 Å². The van der Waals surface area contributed by atoms with Gasteiger partial charge in [0, 0.05) is 5.69 Å². The number of rotatable bonds is 4. The van der Waals surface area contributed by atoms with Crippen LogP contribution in [0.1, 0.15) is 38.1 Å². The average molecular weight is 308 g/mol. The molecule has 1 rings (SSSR count). The van der Waals surface area contributed by atoms with Crippen LogP contribution in [0.2, 0.25) is 0 Å². The van der Waals surface area contributed by atoms with Crippen molar-refractivity contribution in [2.24, 2.45) is 5.73 Å². The molecule has 0 bridgehead atoms. The largest absolute Gasteiger partial charge is 0.449 e. The molecule has 1 aromatic carbocycles. The van der Waals surface area contributed by atoms with E-state index in [0.29, 0.717) is 5.69 Å². The summed E-state index contributed by atoms with van der Waals surface area (Å²) in [5, 5.41) is 2.54. The number of nitrogens with two attached hydrogens (primary N) is 1. The summed E-state index contributed by atoms with van der Waals surface area (Å²) < 4.78 is 9.96. The van der Waals surface area contributed by atoms with E-state index >= 15 is 0 Å². The van der Waals surface area contributed by atoms with Crippen LogP contribution in [0.4, 0.5) is 10.5 Å². The third-order valence-electron chi connectivity index (χ3n) is 2.45. The molecule has 0 saturated heterocycles. The van der Waals surface area contributed by atoms with Crippen LogP contribution in [0.15, 0.2) is 24.3 Å². The Kier molecular flexibility index (Phi) is 5.50. The molecule has 0 radical (unpaired) electrons. The number of benzene rings is 1. The van der Waals surface area contributed by atoms with Crippen molar-refractivity contribution >= 4 is 23.7 Å². The fourth-order valence-corrected chi connectivity index (χ4v) is 1.40. The number of hydrogen-bond acceptors (Lipinski definition) is 5. The lowest BCUT2D eigenvalue weighted by molar-refractivity contribution is -0.125. The maximum atomic E-state index is 11.7. The Morgan fingerprint density at radius 1 is 1.14 bits per heavy atom. The first-order valence-electron chi connectivity index (χ1n) is 6.69. The number of nitrogens with one attached hydrogen (secondary N) is 1. The van der Waals surface area contributed by atoms with Crippen LogP contribution < -0.4 is 11.1 Å². The molecule has 1 atom stereocenters. The van der Waals surface area contributed by atoms with Crippen molar-refractivity contribution in [3.8, 4) is 0 Å². The molecular weight excluding hydrogens is 288 g/mol. The Balaban J connectivity index is 2.65. The standard InChI is InChI=1S/C15H20N2O5/c1-9(12(16)18)21-13(19)10-5-7-11(8-6-10)17-14(20)22-15(2,3)4/h5-9H,1-4H3,(H2,16,18)(H,17,20)/t9-/m0/s1. The first-order valence-corrected chi connectivity index (χ1v) is 6.69. The van der Waals surface area contributed by atoms with Gasteiger partial charge in [-0.3, -0.25) is 10.1 Å². The van der Waals surface area contributed by atoms with Gasteiger partial charge in [-0.05, 0) is 52.0 Å². The van der Waals surface area contributed by atoms with Gasteiger partial charge in [-0.1, -0.05) is 0 Å². The third-order valence-corrected chi connectivity index (χ3v) is 2.45. The third kappa shape index (κ3) is 5.82. The van der Waals surface area contributed by atoms with Crippen molar-refractivity contribution < 1.29 is 23.9 Å². The van der Waals surface area contributed by atoms with E-state index in [1.54, 1.807) is 20.8 Å². The Morgan fingerprint density at radius 3 is 2.14 bits per heavy atom. The molecule has 0 spiro atoms. The molecule has 7 nitrogen and oxygen atoms in total. The Labute approximate surface area is 128 Å². The number of esters is 1. The Bertz CT molecular complexity index is 560. The van der Waals surface area contributed by atoms with Crippen LogP contribution in [0.25, 0.3) is 0 Å². The van der Waals surface area contributed by atoms with E-state index in [-0.39, 0.29) is 5.56 Å². The van der Waals surface area contributed by atoms with Gasteiger partial charge in [-0.25, -0.2) is 9.59 Å². The second-order valence-electron chi connectivity index (χ2n) is 5.65. The van der Waals surface area contributed by atoms with Crippen LogP contribution in [-0.4, -0.2) is 29.7 Å². The molecule has 0 fully saturated rings. The minimum atomic E-state index is -1.01. The van der Waals surface area contributed by atoms with Gasteiger partial charge in [-0.2, -0.15) is 0 Å². The highest BCUT2D eigenvalue weighted by Crippen LogP contribution is 2.14. The molecule has 0 aromatic heterocycles. The lowest BCUT2D eigenvalue weighted by atomic mass is 10.2. The number of primary amides is 1. The molecule has 0 aliphatic carbocycles. The zero-order chi connectivity index (χ0) is 16.9. The van der Waals surface area contributed by atoms with Crippen molar-refractivity contribution in [1.29, 1.82) is 0 Å². The molecule has 2 amide bonds. The number of hydrogen-bond donors (Lipinski definition) is 2. The van der Waals surface area contributed by atoms with Gasteiger partial charge in [0.05, 0.1) is 5.56 Å². The van der Waals surface area contributed by atoms with Crippen molar-refractivity contribution in [3.05, 3.63) is 29.8 Å². The SMILES string of the molecule is C[C@H](OC(=O)c1ccc(NC(=O)OC(C)(C)C)cc1)C(N)=O. The van der Waals surface area contributed by atoms with Crippen LogP contribution in [0.3, 0.4) is 0 Å². The van der Waals surface area contributed by atoms with Crippen LogP contribution in [-0.2, 0) is 14.3 Å². The molecule has 3 N–H and O–H groups in total.